The first-order valence-corrected chi connectivity index (χ1v) is 10.7. The lowest BCUT2D eigenvalue weighted by Gasteiger charge is -2.17. The summed E-state index contributed by atoms with van der Waals surface area (Å²) >= 11 is 0. The summed E-state index contributed by atoms with van der Waals surface area (Å²) in [7, 11) is -0.548. The molecule has 0 fully saturated rings. The van der Waals surface area contributed by atoms with E-state index in [1.54, 1.807) is 44.6 Å². The molecule has 1 unspecified atom stereocenters. The monoisotopic (exact) mass is 420 g/mol. The van der Waals surface area contributed by atoms with Crippen LogP contribution >= 0.6 is 0 Å². The minimum absolute atomic E-state index is 0.0136. The quantitative estimate of drug-likeness (QED) is 0.651. The summed E-state index contributed by atoms with van der Waals surface area (Å²) in [6.45, 7) is 5.64. The van der Waals surface area contributed by atoms with E-state index in [-0.39, 0.29) is 29.8 Å². The molecular formula is C21H28N2O5S. The van der Waals surface area contributed by atoms with Crippen molar-refractivity contribution in [2.24, 2.45) is 0 Å². The third-order valence-electron chi connectivity index (χ3n) is 4.72. The predicted octanol–water partition coefficient (Wildman–Crippen LogP) is 2.87. The van der Waals surface area contributed by atoms with Crippen LogP contribution in [0.15, 0.2) is 41.3 Å². The molecule has 0 aliphatic carbocycles. The van der Waals surface area contributed by atoms with E-state index >= 15 is 0 Å². The fourth-order valence-electron chi connectivity index (χ4n) is 2.78. The Kier molecular flexibility index (Phi) is 7.64. The normalized spacial score (nSPS) is 12.3. The van der Waals surface area contributed by atoms with Crippen LogP contribution in [0.1, 0.15) is 36.1 Å². The van der Waals surface area contributed by atoms with Gasteiger partial charge in [0.25, 0.3) is 0 Å². The second-order valence-electron chi connectivity index (χ2n) is 6.80. The van der Waals surface area contributed by atoms with Crippen LogP contribution in [0.5, 0.6) is 11.5 Å². The van der Waals surface area contributed by atoms with Gasteiger partial charge in [0, 0.05) is 13.0 Å². The smallest absolute Gasteiger partial charge is 0.240 e. The van der Waals surface area contributed by atoms with E-state index in [4.69, 9.17) is 9.47 Å². The van der Waals surface area contributed by atoms with Crippen LogP contribution in [0.4, 0.5) is 0 Å². The fraction of sp³-hybridized carbons (Fsp3) is 0.381. The maximum atomic E-state index is 12.4. The first kappa shape index (κ1) is 22.7. The molecule has 0 saturated carbocycles. The molecule has 2 N–H and O–H groups in total. The average molecular weight is 421 g/mol. The highest BCUT2D eigenvalue weighted by Crippen LogP contribution is 2.29. The van der Waals surface area contributed by atoms with Gasteiger partial charge in [0.15, 0.2) is 11.5 Å². The summed E-state index contributed by atoms with van der Waals surface area (Å²) in [6, 6.07) is 10.1. The highest BCUT2D eigenvalue weighted by molar-refractivity contribution is 7.89. The molecule has 0 aliphatic heterocycles. The van der Waals surface area contributed by atoms with Crippen molar-refractivity contribution in [3.8, 4) is 11.5 Å². The maximum absolute atomic E-state index is 12.4. The molecule has 158 valence electrons. The van der Waals surface area contributed by atoms with Crippen molar-refractivity contribution < 1.29 is 22.7 Å². The Labute approximate surface area is 172 Å². The van der Waals surface area contributed by atoms with Crippen molar-refractivity contribution in [3.63, 3.8) is 0 Å². The van der Waals surface area contributed by atoms with Gasteiger partial charge in [-0.15, -0.1) is 0 Å². The summed E-state index contributed by atoms with van der Waals surface area (Å²) in [5.41, 5.74) is 2.77. The number of nitrogens with one attached hydrogen (secondary N) is 2. The minimum atomic E-state index is -3.65. The molecule has 29 heavy (non-hydrogen) atoms. The summed E-state index contributed by atoms with van der Waals surface area (Å²) in [6.07, 6.45) is 0.0295. The molecule has 0 spiro atoms. The van der Waals surface area contributed by atoms with Gasteiger partial charge >= 0.3 is 0 Å². The number of hydrogen-bond acceptors (Lipinski definition) is 5. The highest BCUT2D eigenvalue weighted by atomic mass is 32.2. The predicted molar refractivity (Wildman–Crippen MR) is 112 cm³/mol. The Hall–Kier alpha value is -2.58. The van der Waals surface area contributed by atoms with Crippen LogP contribution in [0.25, 0.3) is 0 Å². The van der Waals surface area contributed by atoms with Crippen LogP contribution < -0.4 is 19.5 Å². The van der Waals surface area contributed by atoms with Crippen LogP contribution in [0.3, 0.4) is 0 Å². The number of sulfonamides is 1. The highest BCUT2D eigenvalue weighted by Gasteiger charge is 2.16. The van der Waals surface area contributed by atoms with Crippen LogP contribution in [-0.4, -0.2) is 35.1 Å². The Morgan fingerprint density at radius 2 is 1.69 bits per heavy atom. The van der Waals surface area contributed by atoms with Crippen molar-refractivity contribution in [2.45, 2.75) is 38.1 Å². The number of rotatable bonds is 9. The Morgan fingerprint density at radius 1 is 1.00 bits per heavy atom. The third-order valence-corrected chi connectivity index (χ3v) is 6.18. The van der Waals surface area contributed by atoms with E-state index in [0.717, 1.165) is 16.7 Å². The molecule has 1 atom stereocenters. The van der Waals surface area contributed by atoms with Gasteiger partial charge in [0.1, 0.15) is 0 Å². The molecule has 2 aromatic carbocycles. The number of ether oxygens (including phenoxy) is 2. The first-order chi connectivity index (χ1) is 13.7. The van der Waals surface area contributed by atoms with Gasteiger partial charge in [-0.3, -0.25) is 4.79 Å². The molecule has 0 saturated heterocycles. The molecule has 2 aromatic rings. The zero-order chi connectivity index (χ0) is 21.6. The lowest BCUT2D eigenvalue weighted by Crippen LogP contribution is -2.32. The largest absolute Gasteiger partial charge is 0.493 e. The molecule has 0 bridgehead atoms. The summed E-state index contributed by atoms with van der Waals surface area (Å²) < 4.78 is 37.7. The molecular weight excluding hydrogens is 392 g/mol. The Balaban J connectivity index is 1.91. The SMILES string of the molecule is COc1ccc(C(C)NC(=O)CCNS(=O)(=O)c2ccc(C)c(C)c2)cc1OC. The number of methoxy groups -OCH3 is 2. The van der Waals surface area contributed by atoms with Gasteiger partial charge in [-0.1, -0.05) is 12.1 Å². The second kappa shape index (κ2) is 9.76. The van der Waals surface area contributed by atoms with Gasteiger partial charge in [-0.05, 0) is 61.7 Å². The van der Waals surface area contributed by atoms with Gasteiger partial charge in [0.2, 0.25) is 15.9 Å². The van der Waals surface area contributed by atoms with Crippen molar-refractivity contribution in [2.75, 3.05) is 20.8 Å². The van der Waals surface area contributed by atoms with Gasteiger partial charge in [0.05, 0.1) is 25.2 Å². The topological polar surface area (TPSA) is 93.7 Å². The van der Waals surface area contributed by atoms with E-state index in [2.05, 4.69) is 10.0 Å². The number of amides is 1. The molecule has 1 amide bonds. The number of carbonyl (C=O) groups is 1. The first-order valence-electron chi connectivity index (χ1n) is 9.26. The van der Waals surface area contributed by atoms with E-state index in [1.165, 1.54) is 0 Å². The second-order valence-corrected chi connectivity index (χ2v) is 8.56. The molecule has 0 aromatic heterocycles. The Morgan fingerprint density at radius 3 is 2.31 bits per heavy atom. The number of benzene rings is 2. The van der Waals surface area contributed by atoms with Crippen LogP contribution in [0, 0.1) is 13.8 Å². The number of carbonyl (C=O) groups excluding carboxylic acids is 1. The molecule has 0 heterocycles. The summed E-state index contributed by atoms with van der Waals surface area (Å²) in [4.78, 5) is 12.4. The number of hydrogen-bond donors (Lipinski definition) is 2. The number of aryl methyl sites for hydroxylation is 2. The van der Waals surface area contributed by atoms with E-state index in [9.17, 15) is 13.2 Å². The zero-order valence-corrected chi connectivity index (χ0v) is 18.2. The van der Waals surface area contributed by atoms with Crippen molar-refractivity contribution in [1.82, 2.24) is 10.0 Å². The van der Waals surface area contributed by atoms with Crippen LogP contribution in [0.2, 0.25) is 0 Å². The summed E-state index contributed by atoms with van der Waals surface area (Å²) in [5, 5.41) is 2.86. The molecule has 8 heteroatoms. The fourth-order valence-corrected chi connectivity index (χ4v) is 3.90. The molecule has 0 radical (unpaired) electrons. The van der Waals surface area contributed by atoms with Crippen LogP contribution in [-0.2, 0) is 14.8 Å². The standard InChI is InChI=1S/C21H28N2O5S/c1-14-6-8-18(12-15(14)2)29(25,26)22-11-10-21(24)23-16(3)17-7-9-19(27-4)20(13-17)28-5/h6-9,12-13,16,22H,10-11H2,1-5H3,(H,23,24). The van der Waals surface area contributed by atoms with E-state index < -0.39 is 10.0 Å². The van der Waals surface area contributed by atoms with Gasteiger partial charge in [-0.2, -0.15) is 0 Å². The van der Waals surface area contributed by atoms with E-state index in [0.29, 0.717) is 11.5 Å². The lowest BCUT2D eigenvalue weighted by molar-refractivity contribution is -0.121. The average Bonchev–Trinajstić information content (AvgIpc) is 2.69. The van der Waals surface area contributed by atoms with Crippen molar-refractivity contribution in [3.05, 3.63) is 53.1 Å². The lowest BCUT2D eigenvalue weighted by atomic mass is 10.1. The molecule has 0 aliphatic rings. The Bertz CT molecular complexity index is 973. The maximum Gasteiger partial charge on any atom is 0.240 e. The third kappa shape index (κ3) is 5.95. The molecule has 7 nitrogen and oxygen atoms in total. The van der Waals surface area contributed by atoms with Gasteiger partial charge in [-0.25, -0.2) is 13.1 Å². The molecule has 2 rings (SSSR count). The zero-order valence-electron chi connectivity index (χ0n) is 17.4. The van der Waals surface area contributed by atoms with E-state index in [1.807, 2.05) is 26.8 Å². The minimum Gasteiger partial charge on any atom is -0.493 e. The summed E-state index contributed by atoms with van der Waals surface area (Å²) in [5.74, 6) is 0.929. The van der Waals surface area contributed by atoms with Crippen molar-refractivity contribution in [1.29, 1.82) is 0 Å². The van der Waals surface area contributed by atoms with Gasteiger partial charge < -0.3 is 14.8 Å². The van der Waals surface area contributed by atoms with Crippen molar-refractivity contribution >= 4 is 15.9 Å².